The summed E-state index contributed by atoms with van der Waals surface area (Å²) < 4.78 is 33.0. The number of benzene rings is 1. The Morgan fingerprint density at radius 2 is 1.94 bits per heavy atom. The number of nitrogens with one attached hydrogen (secondary N) is 1. The van der Waals surface area contributed by atoms with Crippen molar-refractivity contribution in [2.75, 3.05) is 31.3 Å². The summed E-state index contributed by atoms with van der Waals surface area (Å²) in [5.74, 6) is -0.859. The number of amides is 1. The zero-order valence-corrected chi connectivity index (χ0v) is 21.2. The van der Waals surface area contributed by atoms with Gasteiger partial charge in [0.25, 0.3) is 0 Å². The SMILES string of the molecule is CCOC(=O)c1c(NC(=O)C2CCN(S(=O)(=O)c3ccccc3SC)CC2)sc2c1CCC2. The molecule has 2 aromatic rings. The quantitative estimate of drug-likeness (QED) is 0.446. The van der Waals surface area contributed by atoms with Crippen LogP contribution in [0.5, 0.6) is 0 Å². The molecule has 1 aromatic carbocycles. The number of carbonyl (C=O) groups excluding carboxylic acids is 2. The van der Waals surface area contributed by atoms with Crippen molar-refractivity contribution in [3.8, 4) is 0 Å². The van der Waals surface area contributed by atoms with E-state index in [0.717, 1.165) is 34.6 Å². The number of esters is 1. The Bertz CT molecular complexity index is 1150. The number of rotatable bonds is 7. The average molecular weight is 509 g/mol. The number of thioether (sulfide) groups is 1. The summed E-state index contributed by atoms with van der Waals surface area (Å²) in [5, 5.41) is 3.52. The molecule has 1 aromatic heterocycles. The maximum absolute atomic E-state index is 13.2. The number of aryl methyl sites for hydroxylation is 1. The highest BCUT2D eigenvalue weighted by atomic mass is 32.2. The van der Waals surface area contributed by atoms with E-state index in [4.69, 9.17) is 4.74 Å². The van der Waals surface area contributed by atoms with E-state index >= 15 is 0 Å². The number of hydrogen-bond acceptors (Lipinski definition) is 7. The van der Waals surface area contributed by atoms with Crippen LogP contribution in [0.3, 0.4) is 0 Å². The summed E-state index contributed by atoms with van der Waals surface area (Å²) in [7, 11) is -3.61. The molecule has 0 spiro atoms. The summed E-state index contributed by atoms with van der Waals surface area (Å²) in [6.07, 6.45) is 5.47. The molecule has 0 atom stereocenters. The Morgan fingerprint density at radius 1 is 1.21 bits per heavy atom. The second-order valence-electron chi connectivity index (χ2n) is 8.10. The molecule has 1 N–H and O–H groups in total. The first-order chi connectivity index (χ1) is 15.9. The van der Waals surface area contributed by atoms with Crippen molar-refractivity contribution in [1.29, 1.82) is 0 Å². The van der Waals surface area contributed by atoms with Crippen LogP contribution in [0.15, 0.2) is 34.1 Å². The Balaban J connectivity index is 1.44. The molecule has 0 bridgehead atoms. The number of ether oxygens (including phenoxy) is 1. The van der Waals surface area contributed by atoms with E-state index in [1.807, 2.05) is 12.3 Å². The minimum absolute atomic E-state index is 0.165. The molecule has 33 heavy (non-hydrogen) atoms. The van der Waals surface area contributed by atoms with Gasteiger partial charge in [-0.25, -0.2) is 13.2 Å². The Morgan fingerprint density at radius 3 is 2.64 bits per heavy atom. The predicted octanol–water partition coefficient (Wildman–Crippen LogP) is 4.17. The molecule has 2 heterocycles. The third-order valence-electron chi connectivity index (χ3n) is 6.15. The van der Waals surface area contributed by atoms with Crippen molar-refractivity contribution in [3.05, 3.63) is 40.3 Å². The van der Waals surface area contributed by atoms with Crippen LogP contribution in [-0.4, -0.2) is 50.6 Å². The number of sulfonamides is 1. The first-order valence-electron chi connectivity index (χ1n) is 11.1. The molecule has 1 saturated heterocycles. The fourth-order valence-electron chi connectivity index (χ4n) is 4.45. The lowest BCUT2D eigenvalue weighted by Crippen LogP contribution is -2.41. The number of anilines is 1. The summed E-state index contributed by atoms with van der Waals surface area (Å²) >= 11 is 2.86. The van der Waals surface area contributed by atoms with Gasteiger partial charge in [0.05, 0.1) is 17.1 Å². The zero-order chi connectivity index (χ0) is 23.6. The highest BCUT2D eigenvalue weighted by molar-refractivity contribution is 7.99. The standard InChI is InChI=1S/C23H28N2O5S3/c1-3-30-23(27)20-16-7-6-9-17(16)32-22(20)24-21(26)15-11-13-25(14-12-15)33(28,29)19-10-5-4-8-18(19)31-2/h4-5,8,10,15H,3,6-7,9,11-14H2,1-2H3,(H,24,26). The minimum Gasteiger partial charge on any atom is -0.462 e. The average Bonchev–Trinajstić information content (AvgIpc) is 3.40. The summed E-state index contributed by atoms with van der Waals surface area (Å²) in [6.45, 7) is 2.62. The van der Waals surface area contributed by atoms with E-state index in [9.17, 15) is 18.0 Å². The van der Waals surface area contributed by atoms with Gasteiger partial charge in [0, 0.05) is 28.8 Å². The van der Waals surface area contributed by atoms with Gasteiger partial charge in [-0.15, -0.1) is 23.1 Å². The molecule has 7 nitrogen and oxygen atoms in total. The Kier molecular flexibility index (Phi) is 7.47. The molecular weight excluding hydrogens is 480 g/mol. The van der Waals surface area contributed by atoms with Gasteiger partial charge in [-0.1, -0.05) is 12.1 Å². The molecular formula is C23H28N2O5S3. The molecule has 0 radical (unpaired) electrons. The van der Waals surface area contributed by atoms with Crippen LogP contribution < -0.4 is 5.32 Å². The van der Waals surface area contributed by atoms with E-state index in [1.165, 1.54) is 27.4 Å². The summed E-state index contributed by atoms with van der Waals surface area (Å²) in [6, 6.07) is 6.99. The van der Waals surface area contributed by atoms with Crippen LogP contribution in [0, 0.1) is 5.92 Å². The van der Waals surface area contributed by atoms with Crippen LogP contribution in [-0.2, 0) is 32.4 Å². The van der Waals surface area contributed by atoms with E-state index in [-0.39, 0.29) is 37.5 Å². The third-order valence-corrected chi connectivity index (χ3v) is 10.2. The first kappa shape index (κ1) is 24.3. The van der Waals surface area contributed by atoms with Gasteiger partial charge < -0.3 is 10.1 Å². The van der Waals surface area contributed by atoms with Crippen molar-refractivity contribution in [3.63, 3.8) is 0 Å². The second-order valence-corrected chi connectivity index (χ2v) is 12.0. The normalized spacial score (nSPS) is 17.0. The van der Waals surface area contributed by atoms with Crippen molar-refractivity contribution in [1.82, 2.24) is 4.31 Å². The molecule has 1 aliphatic carbocycles. The lowest BCUT2D eigenvalue weighted by Gasteiger charge is -2.31. The Hall–Kier alpha value is -1.88. The zero-order valence-electron chi connectivity index (χ0n) is 18.8. The van der Waals surface area contributed by atoms with E-state index in [1.54, 1.807) is 25.1 Å². The van der Waals surface area contributed by atoms with Gasteiger partial charge in [-0.2, -0.15) is 4.31 Å². The number of carbonyl (C=O) groups is 2. The van der Waals surface area contributed by atoms with Crippen molar-refractivity contribution >= 4 is 50.0 Å². The topological polar surface area (TPSA) is 92.8 Å². The van der Waals surface area contributed by atoms with Crippen LogP contribution in [0.25, 0.3) is 0 Å². The number of hydrogen-bond donors (Lipinski definition) is 1. The highest BCUT2D eigenvalue weighted by Gasteiger charge is 2.34. The molecule has 0 unspecified atom stereocenters. The lowest BCUT2D eigenvalue weighted by atomic mass is 9.97. The number of fused-ring (bicyclic) bond motifs is 1. The lowest BCUT2D eigenvalue weighted by molar-refractivity contribution is -0.120. The van der Waals surface area contributed by atoms with E-state index < -0.39 is 10.0 Å². The maximum atomic E-state index is 13.2. The van der Waals surface area contributed by atoms with Gasteiger partial charge in [0.1, 0.15) is 5.00 Å². The second kappa shape index (κ2) is 10.2. The molecule has 10 heteroatoms. The molecule has 0 saturated carbocycles. The highest BCUT2D eigenvalue weighted by Crippen LogP contribution is 2.40. The van der Waals surface area contributed by atoms with Gasteiger partial charge in [0.15, 0.2) is 0 Å². The molecule has 1 fully saturated rings. The smallest absolute Gasteiger partial charge is 0.341 e. The number of thiophene rings is 1. The monoisotopic (exact) mass is 508 g/mol. The third kappa shape index (κ3) is 4.84. The number of nitrogens with zero attached hydrogens (tertiary/aromatic N) is 1. The van der Waals surface area contributed by atoms with Crippen LogP contribution in [0.2, 0.25) is 0 Å². The van der Waals surface area contributed by atoms with Crippen LogP contribution in [0.4, 0.5) is 5.00 Å². The van der Waals surface area contributed by atoms with Gasteiger partial charge in [-0.3, -0.25) is 4.79 Å². The Labute approximate surface area is 202 Å². The fourth-order valence-corrected chi connectivity index (χ4v) is 8.33. The van der Waals surface area contributed by atoms with Crippen molar-refractivity contribution < 1.29 is 22.7 Å². The first-order valence-corrected chi connectivity index (χ1v) is 14.6. The summed E-state index contributed by atoms with van der Waals surface area (Å²) in [5.41, 5.74) is 1.50. The van der Waals surface area contributed by atoms with Crippen molar-refractivity contribution in [2.45, 2.75) is 48.8 Å². The number of piperidine rings is 1. The molecule has 1 amide bonds. The molecule has 178 valence electrons. The molecule has 4 rings (SSSR count). The van der Waals surface area contributed by atoms with Crippen LogP contribution in [0.1, 0.15) is 47.0 Å². The summed E-state index contributed by atoms with van der Waals surface area (Å²) in [4.78, 5) is 27.7. The molecule has 2 aliphatic rings. The van der Waals surface area contributed by atoms with Crippen molar-refractivity contribution in [2.24, 2.45) is 5.92 Å². The van der Waals surface area contributed by atoms with E-state index in [0.29, 0.717) is 28.3 Å². The molecule has 1 aliphatic heterocycles. The van der Waals surface area contributed by atoms with Gasteiger partial charge in [-0.05, 0) is 63.0 Å². The van der Waals surface area contributed by atoms with Gasteiger partial charge >= 0.3 is 5.97 Å². The van der Waals surface area contributed by atoms with E-state index in [2.05, 4.69) is 5.32 Å². The van der Waals surface area contributed by atoms with Gasteiger partial charge in [0.2, 0.25) is 15.9 Å². The fraction of sp³-hybridized carbons (Fsp3) is 0.478. The predicted molar refractivity (Wildman–Crippen MR) is 131 cm³/mol. The minimum atomic E-state index is -3.61. The van der Waals surface area contributed by atoms with Crippen LogP contribution >= 0.6 is 23.1 Å². The maximum Gasteiger partial charge on any atom is 0.341 e. The largest absolute Gasteiger partial charge is 0.462 e.